The van der Waals surface area contributed by atoms with Crippen molar-refractivity contribution < 1.29 is 28.3 Å². The number of nitrogens with one attached hydrogen (secondary N) is 1. The zero-order chi connectivity index (χ0) is 20.3. The van der Waals surface area contributed by atoms with Gasteiger partial charge in [0.25, 0.3) is 17.6 Å². The number of hydrogen-bond acceptors (Lipinski definition) is 5. The molecule has 0 spiro atoms. The van der Waals surface area contributed by atoms with Crippen molar-refractivity contribution in [2.24, 2.45) is 0 Å². The summed E-state index contributed by atoms with van der Waals surface area (Å²) in [6.45, 7) is 1.06. The van der Waals surface area contributed by atoms with Crippen molar-refractivity contribution in [3.05, 3.63) is 65.5 Å². The monoisotopic (exact) mass is 384 g/mol. The van der Waals surface area contributed by atoms with Crippen molar-refractivity contribution in [1.29, 1.82) is 0 Å². The molecule has 0 fully saturated rings. The van der Waals surface area contributed by atoms with E-state index in [1.807, 2.05) is 0 Å². The number of benzene rings is 2. The van der Waals surface area contributed by atoms with E-state index in [2.05, 4.69) is 5.32 Å². The van der Waals surface area contributed by atoms with Crippen LogP contribution in [0.3, 0.4) is 0 Å². The summed E-state index contributed by atoms with van der Waals surface area (Å²) in [6.07, 6.45) is -1.10. The van der Waals surface area contributed by atoms with Crippen molar-refractivity contribution in [2.75, 3.05) is 11.4 Å². The number of carbonyl (C=O) groups excluding carboxylic acids is 4. The van der Waals surface area contributed by atoms with Gasteiger partial charge in [0.15, 0.2) is 6.10 Å². The number of rotatable bonds is 6. The Kier molecular flexibility index (Phi) is 5.49. The maximum atomic E-state index is 12.9. The molecule has 0 saturated heterocycles. The van der Waals surface area contributed by atoms with Gasteiger partial charge < -0.3 is 10.1 Å². The van der Waals surface area contributed by atoms with Crippen molar-refractivity contribution >= 4 is 29.3 Å². The Labute approximate surface area is 160 Å². The Bertz CT molecular complexity index is 942. The molecule has 0 saturated carbocycles. The summed E-state index contributed by atoms with van der Waals surface area (Å²) in [4.78, 5) is 49.2. The van der Waals surface area contributed by atoms with Crippen LogP contribution in [0.4, 0.5) is 10.1 Å². The highest BCUT2D eigenvalue weighted by Gasteiger charge is 2.37. The molecule has 1 heterocycles. The van der Waals surface area contributed by atoms with Gasteiger partial charge in [-0.2, -0.15) is 0 Å². The van der Waals surface area contributed by atoms with Crippen molar-refractivity contribution in [1.82, 2.24) is 5.32 Å². The van der Waals surface area contributed by atoms with Gasteiger partial charge in [-0.1, -0.05) is 24.3 Å². The lowest BCUT2D eigenvalue weighted by Gasteiger charge is -2.18. The first-order valence-corrected chi connectivity index (χ1v) is 8.53. The largest absolute Gasteiger partial charge is 0.451 e. The van der Waals surface area contributed by atoms with Crippen LogP contribution < -0.4 is 10.2 Å². The summed E-state index contributed by atoms with van der Waals surface area (Å²) in [5, 5.41) is 2.58. The average molecular weight is 384 g/mol. The summed E-state index contributed by atoms with van der Waals surface area (Å²) in [6, 6.07) is 11.9. The molecule has 28 heavy (non-hydrogen) atoms. The third kappa shape index (κ3) is 4.06. The van der Waals surface area contributed by atoms with E-state index in [0.717, 1.165) is 4.90 Å². The Morgan fingerprint density at radius 1 is 1.11 bits per heavy atom. The lowest BCUT2D eigenvalue weighted by Crippen LogP contribution is -2.40. The second kappa shape index (κ2) is 7.99. The number of nitrogens with zero attached hydrogens (tertiary/aromatic N) is 1. The Morgan fingerprint density at radius 3 is 2.50 bits per heavy atom. The lowest BCUT2D eigenvalue weighted by atomic mass is 10.1. The minimum absolute atomic E-state index is 0.146. The second-order valence-electron chi connectivity index (χ2n) is 6.21. The molecule has 3 rings (SSSR count). The van der Waals surface area contributed by atoms with E-state index in [1.54, 1.807) is 18.2 Å². The smallest absolute Gasteiger partial charge is 0.326 e. The van der Waals surface area contributed by atoms with Gasteiger partial charge >= 0.3 is 5.97 Å². The molecule has 1 aliphatic rings. The Hall–Kier alpha value is -3.55. The fourth-order valence-corrected chi connectivity index (χ4v) is 2.76. The van der Waals surface area contributed by atoms with Gasteiger partial charge in [-0.3, -0.25) is 24.1 Å². The third-order valence-electron chi connectivity index (χ3n) is 4.22. The van der Waals surface area contributed by atoms with E-state index in [9.17, 15) is 23.6 Å². The number of Topliss-reactive ketones (excluding diaryl/α,β-unsaturated/α-hetero) is 1. The molecule has 2 aromatic rings. The number of ether oxygens (including phenoxy) is 1. The van der Waals surface area contributed by atoms with E-state index in [4.69, 9.17) is 4.74 Å². The molecule has 0 unspecified atom stereocenters. The van der Waals surface area contributed by atoms with Gasteiger partial charge in [0.1, 0.15) is 12.4 Å². The van der Waals surface area contributed by atoms with E-state index in [-0.39, 0.29) is 17.9 Å². The maximum absolute atomic E-state index is 12.9. The minimum atomic E-state index is -1.10. The highest BCUT2D eigenvalue weighted by Crippen LogP contribution is 2.28. The van der Waals surface area contributed by atoms with Crippen molar-refractivity contribution in [3.8, 4) is 0 Å². The summed E-state index contributed by atoms with van der Waals surface area (Å²) in [7, 11) is 0. The van der Waals surface area contributed by atoms with Crippen LogP contribution in [0.15, 0.2) is 48.5 Å². The number of hydrogen-bond donors (Lipinski definition) is 1. The van der Waals surface area contributed by atoms with E-state index >= 15 is 0 Å². The van der Waals surface area contributed by atoms with Crippen LogP contribution in [0, 0.1) is 5.82 Å². The van der Waals surface area contributed by atoms with Crippen LogP contribution in [0.25, 0.3) is 0 Å². The fourth-order valence-electron chi connectivity index (χ4n) is 2.76. The zero-order valence-corrected chi connectivity index (χ0v) is 15.0. The predicted octanol–water partition coefficient (Wildman–Crippen LogP) is 1.60. The SMILES string of the molecule is C[C@H](OC(=O)CN1C(=O)C(=O)c2ccccc21)C(=O)NCc1ccc(F)cc1. The van der Waals surface area contributed by atoms with Gasteiger partial charge in [0, 0.05) is 6.54 Å². The number of fused-ring (bicyclic) bond motifs is 1. The van der Waals surface area contributed by atoms with Gasteiger partial charge in [-0.05, 0) is 36.8 Å². The molecular formula is C20H17FN2O5. The van der Waals surface area contributed by atoms with Gasteiger partial charge in [-0.25, -0.2) is 4.39 Å². The van der Waals surface area contributed by atoms with Crippen LogP contribution >= 0.6 is 0 Å². The first kappa shape index (κ1) is 19.2. The first-order valence-electron chi connectivity index (χ1n) is 8.53. The molecular weight excluding hydrogens is 367 g/mol. The van der Waals surface area contributed by atoms with Gasteiger partial charge in [-0.15, -0.1) is 0 Å². The van der Waals surface area contributed by atoms with Crippen LogP contribution in [-0.4, -0.2) is 36.2 Å². The topological polar surface area (TPSA) is 92.8 Å². The van der Waals surface area contributed by atoms with Crippen molar-refractivity contribution in [2.45, 2.75) is 19.6 Å². The van der Waals surface area contributed by atoms with Crippen LogP contribution in [0.5, 0.6) is 0 Å². The number of anilines is 1. The molecule has 1 atom stereocenters. The number of para-hydroxylation sites is 1. The van der Waals surface area contributed by atoms with Gasteiger partial charge in [0.05, 0.1) is 11.3 Å². The molecule has 0 bridgehead atoms. The molecule has 2 aromatic carbocycles. The summed E-state index contributed by atoms with van der Waals surface area (Å²) in [5.41, 5.74) is 1.25. The predicted molar refractivity (Wildman–Crippen MR) is 96.9 cm³/mol. The van der Waals surface area contributed by atoms with Gasteiger partial charge in [0.2, 0.25) is 0 Å². The van der Waals surface area contributed by atoms with E-state index in [1.165, 1.54) is 37.3 Å². The molecule has 1 aliphatic heterocycles. The molecule has 0 aromatic heterocycles. The molecule has 0 aliphatic carbocycles. The normalized spacial score (nSPS) is 13.9. The molecule has 8 heteroatoms. The Balaban J connectivity index is 1.54. The number of halogens is 1. The number of amides is 2. The molecule has 2 amide bonds. The summed E-state index contributed by atoms with van der Waals surface area (Å²) >= 11 is 0. The van der Waals surface area contributed by atoms with Crippen LogP contribution in [0.2, 0.25) is 0 Å². The number of esters is 1. The standard InChI is InChI=1S/C20H17FN2O5/c1-12(19(26)22-10-13-6-8-14(21)9-7-13)28-17(24)11-23-16-5-3-2-4-15(16)18(25)20(23)27/h2-9,12H,10-11H2,1H3,(H,22,26)/t12-/m0/s1. The van der Waals surface area contributed by atoms with Crippen LogP contribution in [-0.2, 0) is 25.7 Å². The highest BCUT2D eigenvalue weighted by atomic mass is 19.1. The summed E-state index contributed by atoms with van der Waals surface area (Å²) in [5.74, 6) is -3.24. The van der Waals surface area contributed by atoms with E-state index < -0.39 is 36.2 Å². The number of ketones is 1. The van der Waals surface area contributed by atoms with Crippen LogP contribution in [0.1, 0.15) is 22.8 Å². The first-order chi connectivity index (χ1) is 13.4. The molecule has 144 valence electrons. The quantitative estimate of drug-likeness (QED) is 0.603. The zero-order valence-electron chi connectivity index (χ0n) is 15.0. The van der Waals surface area contributed by atoms with E-state index in [0.29, 0.717) is 11.3 Å². The minimum Gasteiger partial charge on any atom is -0.451 e. The fraction of sp³-hybridized carbons (Fsp3) is 0.200. The second-order valence-corrected chi connectivity index (χ2v) is 6.21. The molecule has 7 nitrogen and oxygen atoms in total. The molecule has 0 radical (unpaired) electrons. The number of carbonyl (C=O) groups is 4. The highest BCUT2D eigenvalue weighted by molar-refractivity contribution is 6.52. The maximum Gasteiger partial charge on any atom is 0.326 e. The van der Waals surface area contributed by atoms with Crippen molar-refractivity contribution in [3.63, 3.8) is 0 Å². The molecule has 1 N–H and O–H groups in total. The lowest BCUT2D eigenvalue weighted by molar-refractivity contribution is -0.153. The Morgan fingerprint density at radius 2 is 1.79 bits per heavy atom. The third-order valence-corrected chi connectivity index (χ3v) is 4.22. The summed E-state index contributed by atoms with van der Waals surface area (Å²) < 4.78 is 17.9. The average Bonchev–Trinajstić information content (AvgIpc) is 2.92.